The predicted molar refractivity (Wildman–Crippen MR) is 103 cm³/mol. The number of hydrogen-bond acceptors (Lipinski definition) is 3. The maximum Gasteiger partial charge on any atom is 0.326 e. The lowest BCUT2D eigenvalue weighted by molar-refractivity contribution is -0.141. The molecule has 140 valence electrons. The van der Waals surface area contributed by atoms with Crippen molar-refractivity contribution in [2.24, 2.45) is 5.41 Å². The molecule has 2 fully saturated rings. The van der Waals surface area contributed by atoms with E-state index in [1.165, 1.54) is 0 Å². The van der Waals surface area contributed by atoms with E-state index in [4.69, 9.17) is 0 Å². The highest BCUT2D eigenvalue weighted by atomic mass is 16.4. The van der Waals surface area contributed by atoms with Crippen molar-refractivity contribution < 1.29 is 14.7 Å². The van der Waals surface area contributed by atoms with Gasteiger partial charge in [-0.05, 0) is 55.0 Å². The van der Waals surface area contributed by atoms with E-state index in [2.05, 4.69) is 5.32 Å². The van der Waals surface area contributed by atoms with Gasteiger partial charge in [0.05, 0.1) is 0 Å². The van der Waals surface area contributed by atoms with Gasteiger partial charge in [-0.2, -0.15) is 0 Å². The smallest absolute Gasteiger partial charge is 0.326 e. The summed E-state index contributed by atoms with van der Waals surface area (Å²) in [6, 6.07) is 16.5. The molecule has 0 aliphatic carbocycles. The molecule has 0 bridgehead atoms. The number of rotatable bonds is 3. The number of nitrogens with zero attached hydrogens (tertiary/aromatic N) is 1. The van der Waals surface area contributed by atoms with E-state index in [0.29, 0.717) is 18.5 Å². The molecular weight excluding hydrogens is 340 g/mol. The molecule has 4 rings (SSSR count). The van der Waals surface area contributed by atoms with E-state index in [1.54, 1.807) is 11.0 Å². The zero-order valence-electron chi connectivity index (χ0n) is 15.2. The van der Waals surface area contributed by atoms with Crippen molar-refractivity contribution in [3.63, 3.8) is 0 Å². The number of carboxylic acid groups (broad SMARTS) is 1. The van der Waals surface area contributed by atoms with Crippen molar-refractivity contribution in [3.8, 4) is 11.1 Å². The summed E-state index contributed by atoms with van der Waals surface area (Å²) in [6.07, 6.45) is 2.38. The maximum absolute atomic E-state index is 13.4. The first-order chi connectivity index (χ1) is 13.1. The van der Waals surface area contributed by atoms with E-state index in [9.17, 15) is 14.7 Å². The summed E-state index contributed by atoms with van der Waals surface area (Å²) in [4.78, 5) is 26.9. The lowest BCUT2D eigenvalue weighted by Gasteiger charge is -2.33. The quantitative estimate of drug-likeness (QED) is 0.878. The Morgan fingerprint density at radius 2 is 1.67 bits per heavy atom. The lowest BCUT2D eigenvalue weighted by atomic mass is 9.77. The Kier molecular flexibility index (Phi) is 4.70. The number of benzene rings is 2. The standard InChI is InChI=1S/C22H24N2O3/c25-20(18-9-5-4-8-17(18)16-6-2-1-3-7-16)24-15-22(10-12-23-13-11-22)14-19(24)21(26)27/h1-9,19,23H,10-15H2,(H,26,27). The van der Waals surface area contributed by atoms with Gasteiger partial charge in [0.25, 0.3) is 5.91 Å². The number of hydrogen-bond donors (Lipinski definition) is 2. The van der Waals surface area contributed by atoms with Gasteiger partial charge in [-0.15, -0.1) is 0 Å². The largest absolute Gasteiger partial charge is 0.480 e. The van der Waals surface area contributed by atoms with Gasteiger partial charge in [0.2, 0.25) is 0 Å². The van der Waals surface area contributed by atoms with Gasteiger partial charge >= 0.3 is 5.97 Å². The average molecular weight is 364 g/mol. The second kappa shape index (κ2) is 7.16. The minimum atomic E-state index is -0.907. The van der Waals surface area contributed by atoms with Crippen molar-refractivity contribution in [1.29, 1.82) is 0 Å². The van der Waals surface area contributed by atoms with Crippen LogP contribution in [0.2, 0.25) is 0 Å². The summed E-state index contributed by atoms with van der Waals surface area (Å²) < 4.78 is 0. The summed E-state index contributed by atoms with van der Waals surface area (Å²) in [5.74, 6) is -1.09. The normalized spacial score (nSPS) is 21.3. The van der Waals surface area contributed by atoms with Crippen LogP contribution < -0.4 is 5.32 Å². The Hall–Kier alpha value is -2.66. The van der Waals surface area contributed by atoms with Crippen molar-refractivity contribution in [1.82, 2.24) is 10.2 Å². The highest BCUT2D eigenvalue weighted by Crippen LogP contribution is 2.43. The Balaban J connectivity index is 1.69. The minimum Gasteiger partial charge on any atom is -0.480 e. The molecule has 2 aromatic rings. The third-order valence-electron chi connectivity index (χ3n) is 5.96. The lowest BCUT2D eigenvalue weighted by Crippen LogP contribution is -2.42. The van der Waals surface area contributed by atoms with Crippen LogP contribution in [-0.2, 0) is 4.79 Å². The number of aliphatic carboxylic acids is 1. The SMILES string of the molecule is O=C(O)C1CC2(CCNCC2)CN1C(=O)c1ccccc1-c1ccccc1. The van der Waals surface area contributed by atoms with Gasteiger partial charge < -0.3 is 15.3 Å². The van der Waals surface area contributed by atoms with Crippen LogP contribution in [0.15, 0.2) is 54.6 Å². The molecule has 2 heterocycles. The fourth-order valence-corrected chi connectivity index (χ4v) is 4.50. The van der Waals surface area contributed by atoms with Crippen LogP contribution in [0.4, 0.5) is 0 Å². The van der Waals surface area contributed by atoms with Crippen molar-refractivity contribution >= 4 is 11.9 Å². The van der Waals surface area contributed by atoms with Gasteiger partial charge in [-0.3, -0.25) is 4.79 Å². The molecule has 1 atom stereocenters. The van der Waals surface area contributed by atoms with Crippen LogP contribution in [0, 0.1) is 5.41 Å². The molecule has 1 spiro atoms. The number of carbonyl (C=O) groups is 2. The van der Waals surface area contributed by atoms with E-state index >= 15 is 0 Å². The van der Waals surface area contributed by atoms with Crippen LogP contribution in [-0.4, -0.2) is 47.6 Å². The number of carbonyl (C=O) groups excluding carboxylic acids is 1. The van der Waals surface area contributed by atoms with Crippen molar-refractivity contribution in [3.05, 3.63) is 60.2 Å². The summed E-state index contributed by atoms with van der Waals surface area (Å²) in [5.41, 5.74) is 2.30. The molecular formula is C22H24N2O3. The Bertz CT molecular complexity index is 844. The zero-order valence-corrected chi connectivity index (χ0v) is 15.2. The number of amides is 1. The van der Waals surface area contributed by atoms with Crippen LogP contribution in [0.25, 0.3) is 11.1 Å². The Morgan fingerprint density at radius 1 is 1.00 bits per heavy atom. The van der Waals surface area contributed by atoms with Gasteiger partial charge in [0, 0.05) is 12.1 Å². The molecule has 2 aliphatic heterocycles. The second-order valence-electron chi connectivity index (χ2n) is 7.65. The van der Waals surface area contributed by atoms with Gasteiger partial charge in [-0.25, -0.2) is 4.79 Å². The maximum atomic E-state index is 13.4. The number of likely N-dealkylation sites (tertiary alicyclic amines) is 1. The summed E-state index contributed by atoms with van der Waals surface area (Å²) in [7, 11) is 0. The minimum absolute atomic E-state index is 0.0777. The molecule has 5 heteroatoms. The van der Waals surface area contributed by atoms with Gasteiger partial charge in [0.15, 0.2) is 0 Å². The topological polar surface area (TPSA) is 69.6 Å². The molecule has 2 saturated heterocycles. The Labute approximate surface area is 159 Å². The molecule has 2 aromatic carbocycles. The number of nitrogens with one attached hydrogen (secondary N) is 1. The van der Waals surface area contributed by atoms with E-state index in [0.717, 1.165) is 37.1 Å². The second-order valence-corrected chi connectivity index (χ2v) is 7.65. The third kappa shape index (κ3) is 3.35. The fourth-order valence-electron chi connectivity index (χ4n) is 4.50. The number of piperidine rings is 1. The van der Waals surface area contributed by atoms with Crippen molar-refractivity contribution in [2.45, 2.75) is 25.3 Å². The molecule has 1 amide bonds. The van der Waals surface area contributed by atoms with Crippen LogP contribution in [0.3, 0.4) is 0 Å². The summed E-state index contributed by atoms with van der Waals surface area (Å²) >= 11 is 0. The molecule has 2 aliphatic rings. The molecule has 1 unspecified atom stereocenters. The highest BCUT2D eigenvalue weighted by molar-refractivity contribution is 6.02. The zero-order chi connectivity index (χ0) is 18.9. The molecule has 5 nitrogen and oxygen atoms in total. The third-order valence-corrected chi connectivity index (χ3v) is 5.96. The molecule has 0 saturated carbocycles. The summed E-state index contributed by atoms with van der Waals surface area (Å²) in [5, 5.41) is 13.1. The molecule has 0 aromatic heterocycles. The first kappa shape index (κ1) is 17.7. The first-order valence-electron chi connectivity index (χ1n) is 9.49. The van der Waals surface area contributed by atoms with Gasteiger partial charge in [0.1, 0.15) is 6.04 Å². The first-order valence-corrected chi connectivity index (χ1v) is 9.49. The molecule has 27 heavy (non-hydrogen) atoms. The predicted octanol–water partition coefficient (Wildman–Crippen LogP) is 3.02. The Morgan fingerprint density at radius 3 is 2.37 bits per heavy atom. The number of carboxylic acids is 1. The van der Waals surface area contributed by atoms with E-state index in [-0.39, 0.29) is 11.3 Å². The van der Waals surface area contributed by atoms with E-state index < -0.39 is 12.0 Å². The van der Waals surface area contributed by atoms with Crippen LogP contribution in [0.5, 0.6) is 0 Å². The molecule has 0 radical (unpaired) electrons. The van der Waals surface area contributed by atoms with E-state index in [1.807, 2.05) is 48.5 Å². The average Bonchev–Trinajstić information content (AvgIpc) is 3.08. The monoisotopic (exact) mass is 364 g/mol. The van der Waals surface area contributed by atoms with Crippen molar-refractivity contribution in [2.75, 3.05) is 19.6 Å². The van der Waals surface area contributed by atoms with Gasteiger partial charge in [-0.1, -0.05) is 48.5 Å². The van der Waals surface area contributed by atoms with Crippen LogP contribution >= 0.6 is 0 Å². The summed E-state index contributed by atoms with van der Waals surface area (Å²) in [6.45, 7) is 2.29. The highest BCUT2D eigenvalue weighted by Gasteiger charge is 2.49. The molecule has 2 N–H and O–H groups in total. The fraction of sp³-hybridized carbons (Fsp3) is 0.364. The van der Waals surface area contributed by atoms with Crippen LogP contribution in [0.1, 0.15) is 29.6 Å².